The lowest BCUT2D eigenvalue weighted by molar-refractivity contribution is -0.135. The van der Waals surface area contributed by atoms with Gasteiger partial charge in [-0.25, -0.2) is 8.78 Å². The minimum atomic E-state index is -0.938. The molecule has 2 amide bonds. The van der Waals surface area contributed by atoms with Gasteiger partial charge in [-0.3, -0.25) is 9.59 Å². The molecular formula is C20H30ClF2N3O2. The first-order chi connectivity index (χ1) is 12.8. The summed E-state index contributed by atoms with van der Waals surface area (Å²) in [5.74, 6) is -2.64. The van der Waals surface area contributed by atoms with Crippen molar-refractivity contribution < 1.29 is 18.4 Å². The summed E-state index contributed by atoms with van der Waals surface area (Å²) in [6, 6.07) is 2.43. The molecule has 0 aromatic heterocycles. The van der Waals surface area contributed by atoms with Crippen molar-refractivity contribution in [1.82, 2.24) is 15.5 Å². The number of nitrogens with one attached hydrogen (secondary N) is 2. The molecule has 0 aliphatic carbocycles. The lowest BCUT2D eigenvalue weighted by Gasteiger charge is -2.35. The van der Waals surface area contributed by atoms with Crippen LogP contribution >= 0.6 is 12.4 Å². The Morgan fingerprint density at radius 2 is 1.75 bits per heavy atom. The van der Waals surface area contributed by atoms with E-state index in [0.717, 1.165) is 38.1 Å². The average molecular weight is 418 g/mol. The van der Waals surface area contributed by atoms with Crippen LogP contribution in [0, 0.1) is 23.5 Å². The summed E-state index contributed by atoms with van der Waals surface area (Å²) in [6.07, 6.45) is 1.80. The van der Waals surface area contributed by atoms with Gasteiger partial charge in [0.25, 0.3) is 5.91 Å². The molecular weight excluding hydrogens is 388 g/mol. The van der Waals surface area contributed by atoms with Crippen molar-refractivity contribution in [1.29, 1.82) is 0 Å². The quantitative estimate of drug-likeness (QED) is 0.717. The van der Waals surface area contributed by atoms with Crippen LogP contribution in [0.4, 0.5) is 8.78 Å². The first-order valence-corrected chi connectivity index (χ1v) is 9.59. The van der Waals surface area contributed by atoms with Crippen LogP contribution in [0.2, 0.25) is 0 Å². The number of hydrogen-bond donors (Lipinski definition) is 2. The van der Waals surface area contributed by atoms with Gasteiger partial charge in [0, 0.05) is 13.1 Å². The third kappa shape index (κ3) is 6.14. The second-order valence-electron chi connectivity index (χ2n) is 7.37. The van der Waals surface area contributed by atoms with Crippen LogP contribution in [0.3, 0.4) is 0 Å². The molecule has 1 heterocycles. The Morgan fingerprint density at radius 1 is 1.18 bits per heavy atom. The number of carbonyl (C=O) groups is 2. The van der Waals surface area contributed by atoms with Crippen LogP contribution in [0.25, 0.3) is 0 Å². The summed E-state index contributed by atoms with van der Waals surface area (Å²) >= 11 is 0. The SMILES string of the molecule is CCNCC1CCN(C(=O)C(NC(=O)c2c(F)cccc2F)C(C)C)CC1.Cl. The highest BCUT2D eigenvalue weighted by atomic mass is 35.5. The average Bonchev–Trinajstić information content (AvgIpc) is 2.64. The molecule has 1 aromatic carbocycles. The molecule has 0 saturated carbocycles. The normalized spacial score (nSPS) is 15.9. The number of likely N-dealkylation sites (tertiary alicyclic amines) is 1. The minimum Gasteiger partial charge on any atom is -0.341 e. The van der Waals surface area contributed by atoms with Crippen LogP contribution in [0.5, 0.6) is 0 Å². The highest BCUT2D eigenvalue weighted by Crippen LogP contribution is 2.19. The van der Waals surface area contributed by atoms with Crippen molar-refractivity contribution in [3.8, 4) is 0 Å². The van der Waals surface area contributed by atoms with Gasteiger partial charge in [0.2, 0.25) is 5.91 Å². The number of carbonyl (C=O) groups excluding carboxylic acids is 2. The number of halogens is 3. The van der Waals surface area contributed by atoms with Crippen LogP contribution in [-0.2, 0) is 4.79 Å². The van der Waals surface area contributed by atoms with E-state index in [1.54, 1.807) is 18.7 Å². The van der Waals surface area contributed by atoms with E-state index in [9.17, 15) is 18.4 Å². The van der Waals surface area contributed by atoms with Crippen LogP contribution in [0.15, 0.2) is 18.2 Å². The molecule has 1 unspecified atom stereocenters. The zero-order valence-corrected chi connectivity index (χ0v) is 17.5. The maximum Gasteiger partial charge on any atom is 0.257 e. The standard InChI is InChI=1S/C20H29F2N3O2.ClH/c1-4-23-12-14-8-10-25(11-9-14)20(27)18(13(2)3)24-19(26)17-15(21)6-5-7-16(17)22;/h5-7,13-14,18,23H,4,8-12H2,1-3H3,(H,24,26);1H. The maximum absolute atomic E-state index is 13.9. The number of hydrogen-bond acceptors (Lipinski definition) is 3. The van der Waals surface area contributed by atoms with Crippen molar-refractivity contribution in [2.45, 2.75) is 39.7 Å². The lowest BCUT2D eigenvalue weighted by atomic mass is 9.94. The summed E-state index contributed by atoms with van der Waals surface area (Å²) in [6.45, 7) is 8.79. The third-order valence-corrected chi connectivity index (χ3v) is 5.02. The molecule has 8 heteroatoms. The number of benzene rings is 1. The zero-order chi connectivity index (χ0) is 20.0. The van der Waals surface area contributed by atoms with E-state index in [0.29, 0.717) is 19.0 Å². The van der Waals surface area contributed by atoms with Gasteiger partial charge in [0.05, 0.1) is 0 Å². The Hall–Kier alpha value is -1.73. The summed E-state index contributed by atoms with van der Waals surface area (Å²) in [7, 11) is 0. The van der Waals surface area contributed by atoms with Gasteiger partial charge >= 0.3 is 0 Å². The molecule has 0 radical (unpaired) electrons. The van der Waals surface area contributed by atoms with E-state index < -0.39 is 29.1 Å². The monoisotopic (exact) mass is 417 g/mol. The summed E-state index contributed by atoms with van der Waals surface area (Å²) < 4.78 is 27.7. The zero-order valence-electron chi connectivity index (χ0n) is 16.6. The Labute approximate surface area is 171 Å². The van der Waals surface area contributed by atoms with Gasteiger partial charge in [-0.2, -0.15) is 0 Å². The largest absolute Gasteiger partial charge is 0.341 e. The molecule has 0 spiro atoms. The van der Waals surface area contributed by atoms with Crippen LogP contribution < -0.4 is 10.6 Å². The molecule has 0 bridgehead atoms. The molecule has 1 aliphatic rings. The molecule has 158 valence electrons. The van der Waals surface area contributed by atoms with Gasteiger partial charge in [-0.15, -0.1) is 12.4 Å². The Kier molecular flexibility index (Phi) is 9.82. The summed E-state index contributed by atoms with van der Waals surface area (Å²) in [4.78, 5) is 27.0. The molecule has 1 aliphatic heterocycles. The van der Waals surface area contributed by atoms with Crippen molar-refractivity contribution in [3.63, 3.8) is 0 Å². The molecule has 1 fully saturated rings. The van der Waals surface area contributed by atoms with Crippen molar-refractivity contribution in [3.05, 3.63) is 35.4 Å². The maximum atomic E-state index is 13.9. The molecule has 1 saturated heterocycles. The van der Waals surface area contributed by atoms with E-state index in [-0.39, 0.29) is 24.2 Å². The molecule has 2 N–H and O–H groups in total. The second-order valence-corrected chi connectivity index (χ2v) is 7.37. The van der Waals surface area contributed by atoms with E-state index >= 15 is 0 Å². The van der Waals surface area contributed by atoms with Gasteiger partial charge in [-0.05, 0) is 49.9 Å². The molecule has 28 heavy (non-hydrogen) atoms. The topological polar surface area (TPSA) is 61.4 Å². The Balaban J connectivity index is 0.00000392. The first kappa shape index (κ1) is 24.3. The van der Waals surface area contributed by atoms with E-state index in [2.05, 4.69) is 17.6 Å². The van der Waals surface area contributed by atoms with Crippen molar-refractivity contribution in [2.24, 2.45) is 11.8 Å². The van der Waals surface area contributed by atoms with Gasteiger partial charge in [-0.1, -0.05) is 26.8 Å². The van der Waals surface area contributed by atoms with E-state index in [1.807, 2.05) is 0 Å². The smallest absolute Gasteiger partial charge is 0.257 e. The molecule has 5 nitrogen and oxygen atoms in total. The number of amides is 2. The Morgan fingerprint density at radius 3 is 2.25 bits per heavy atom. The fourth-order valence-corrected chi connectivity index (χ4v) is 3.34. The summed E-state index contributed by atoms with van der Waals surface area (Å²) in [5.41, 5.74) is -0.653. The number of rotatable bonds is 7. The van der Waals surface area contributed by atoms with E-state index in [4.69, 9.17) is 0 Å². The summed E-state index contributed by atoms with van der Waals surface area (Å²) in [5, 5.41) is 5.86. The fourth-order valence-electron chi connectivity index (χ4n) is 3.34. The highest BCUT2D eigenvalue weighted by Gasteiger charge is 2.32. The Bertz CT molecular complexity index is 645. The fraction of sp³-hybridized carbons (Fsp3) is 0.600. The first-order valence-electron chi connectivity index (χ1n) is 9.59. The highest BCUT2D eigenvalue weighted by molar-refractivity contribution is 5.98. The van der Waals surface area contributed by atoms with Gasteiger partial charge < -0.3 is 15.5 Å². The van der Waals surface area contributed by atoms with Crippen LogP contribution in [-0.4, -0.2) is 48.9 Å². The lowest BCUT2D eigenvalue weighted by Crippen LogP contribution is -2.53. The van der Waals surface area contributed by atoms with E-state index in [1.165, 1.54) is 6.07 Å². The van der Waals surface area contributed by atoms with Crippen molar-refractivity contribution in [2.75, 3.05) is 26.2 Å². The van der Waals surface area contributed by atoms with Crippen LogP contribution in [0.1, 0.15) is 44.0 Å². The number of nitrogens with zero attached hydrogens (tertiary/aromatic N) is 1. The molecule has 1 aromatic rings. The number of piperidine rings is 1. The second kappa shape index (κ2) is 11.3. The molecule has 2 rings (SSSR count). The van der Waals surface area contributed by atoms with Crippen molar-refractivity contribution >= 4 is 24.2 Å². The minimum absolute atomic E-state index is 0. The molecule has 1 atom stereocenters. The predicted octanol–water partition coefficient (Wildman–Crippen LogP) is 2.99. The third-order valence-electron chi connectivity index (χ3n) is 5.02. The predicted molar refractivity (Wildman–Crippen MR) is 108 cm³/mol. The van der Waals surface area contributed by atoms with Gasteiger partial charge in [0.1, 0.15) is 23.2 Å². The van der Waals surface area contributed by atoms with Gasteiger partial charge in [0.15, 0.2) is 0 Å².